The summed E-state index contributed by atoms with van der Waals surface area (Å²) in [5.41, 5.74) is -0.407. The number of nitrogens with zero attached hydrogens (tertiary/aromatic N) is 1. The first-order valence-corrected chi connectivity index (χ1v) is 7.04. The number of amides is 1. The van der Waals surface area contributed by atoms with Crippen LogP contribution in [0, 0.1) is 10.1 Å². The Kier molecular flexibility index (Phi) is 5.67. The molecule has 0 fully saturated rings. The number of nitro benzene ring substituents is 1. The fourth-order valence-electron chi connectivity index (χ4n) is 1.77. The summed E-state index contributed by atoms with van der Waals surface area (Å²) in [6.07, 6.45) is -1.01. The number of ether oxygens (including phenoxy) is 1. The third-order valence-corrected chi connectivity index (χ3v) is 2.85. The maximum absolute atomic E-state index is 12.1. The van der Waals surface area contributed by atoms with E-state index < -0.39 is 28.4 Å². The SMILES string of the molecule is CNc1ccc(C(=O)O[C@@H](C)C(=O)NC(C)(C)C)cc1[N+](=O)[O-]. The number of hydrogen-bond acceptors (Lipinski definition) is 6. The van der Waals surface area contributed by atoms with Gasteiger partial charge >= 0.3 is 5.97 Å². The zero-order valence-corrected chi connectivity index (χ0v) is 13.8. The summed E-state index contributed by atoms with van der Waals surface area (Å²) in [6.45, 7) is 6.85. The first-order valence-electron chi connectivity index (χ1n) is 7.04. The predicted molar refractivity (Wildman–Crippen MR) is 85.4 cm³/mol. The minimum absolute atomic E-state index is 0.00566. The van der Waals surface area contributed by atoms with Crippen LogP contribution in [0.15, 0.2) is 18.2 Å². The number of anilines is 1. The van der Waals surface area contributed by atoms with E-state index in [0.29, 0.717) is 0 Å². The van der Waals surface area contributed by atoms with Gasteiger partial charge in [0.15, 0.2) is 6.10 Å². The zero-order valence-electron chi connectivity index (χ0n) is 13.8. The monoisotopic (exact) mass is 323 g/mol. The standard InChI is InChI=1S/C15H21N3O5/c1-9(13(19)17-15(2,3)4)23-14(20)10-6-7-11(16-5)12(8-10)18(21)22/h6-9,16H,1-5H3,(H,17,19)/t9-/m0/s1. The molecule has 0 spiro atoms. The molecular weight excluding hydrogens is 302 g/mol. The molecule has 2 N–H and O–H groups in total. The third-order valence-electron chi connectivity index (χ3n) is 2.85. The number of carbonyl (C=O) groups is 2. The highest BCUT2D eigenvalue weighted by molar-refractivity contribution is 5.93. The summed E-state index contributed by atoms with van der Waals surface area (Å²) in [5, 5.41) is 16.4. The van der Waals surface area contributed by atoms with Crippen LogP contribution in [0.4, 0.5) is 11.4 Å². The van der Waals surface area contributed by atoms with Gasteiger partial charge in [-0.05, 0) is 39.8 Å². The van der Waals surface area contributed by atoms with Gasteiger partial charge in [-0.2, -0.15) is 0 Å². The second kappa shape index (κ2) is 7.08. The summed E-state index contributed by atoms with van der Waals surface area (Å²) in [6, 6.07) is 3.92. The van der Waals surface area contributed by atoms with Crippen LogP contribution in [0.2, 0.25) is 0 Å². The van der Waals surface area contributed by atoms with Crippen LogP contribution in [-0.4, -0.2) is 35.5 Å². The number of rotatable bonds is 5. The van der Waals surface area contributed by atoms with Gasteiger partial charge in [0, 0.05) is 18.7 Å². The molecule has 1 rings (SSSR count). The predicted octanol–water partition coefficient (Wildman–Crippen LogP) is 2.10. The molecule has 1 aromatic rings. The van der Waals surface area contributed by atoms with E-state index >= 15 is 0 Å². The van der Waals surface area contributed by atoms with Crippen molar-refractivity contribution in [1.29, 1.82) is 0 Å². The van der Waals surface area contributed by atoms with Crippen molar-refractivity contribution in [3.8, 4) is 0 Å². The quantitative estimate of drug-likeness (QED) is 0.488. The van der Waals surface area contributed by atoms with Crippen LogP contribution < -0.4 is 10.6 Å². The minimum atomic E-state index is -1.01. The van der Waals surface area contributed by atoms with Crippen molar-refractivity contribution in [2.24, 2.45) is 0 Å². The fraction of sp³-hybridized carbons (Fsp3) is 0.467. The Bertz CT molecular complexity index is 622. The summed E-state index contributed by atoms with van der Waals surface area (Å²) in [5.74, 6) is -1.24. The van der Waals surface area contributed by atoms with Crippen LogP contribution >= 0.6 is 0 Å². The van der Waals surface area contributed by atoms with E-state index in [1.54, 1.807) is 27.8 Å². The molecule has 126 valence electrons. The van der Waals surface area contributed by atoms with Gasteiger partial charge in [0.2, 0.25) is 0 Å². The lowest BCUT2D eigenvalue weighted by molar-refractivity contribution is -0.384. The van der Waals surface area contributed by atoms with E-state index in [4.69, 9.17) is 4.74 Å². The Morgan fingerprint density at radius 1 is 1.30 bits per heavy atom. The van der Waals surface area contributed by atoms with Gasteiger partial charge in [-0.3, -0.25) is 14.9 Å². The number of carbonyl (C=O) groups excluding carboxylic acids is 2. The number of benzene rings is 1. The molecule has 0 bridgehead atoms. The Labute approximate surface area is 134 Å². The molecule has 1 amide bonds. The van der Waals surface area contributed by atoms with Crippen molar-refractivity contribution in [3.05, 3.63) is 33.9 Å². The van der Waals surface area contributed by atoms with Gasteiger partial charge in [0.05, 0.1) is 10.5 Å². The van der Waals surface area contributed by atoms with Crippen LogP contribution in [0.25, 0.3) is 0 Å². The van der Waals surface area contributed by atoms with Crippen LogP contribution in [0.1, 0.15) is 38.1 Å². The zero-order chi connectivity index (χ0) is 17.8. The van der Waals surface area contributed by atoms with E-state index in [9.17, 15) is 19.7 Å². The summed E-state index contributed by atoms with van der Waals surface area (Å²) in [4.78, 5) is 34.3. The molecule has 8 heteroatoms. The molecule has 0 aliphatic carbocycles. The van der Waals surface area contributed by atoms with Crippen molar-refractivity contribution in [1.82, 2.24) is 5.32 Å². The van der Waals surface area contributed by atoms with Crippen molar-refractivity contribution >= 4 is 23.3 Å². The second-order valence-corrected chi connectivity index (χ2v) is 6.03. The Balaban J connectivity index is 2.88. The fourth-order valence-corrected chi connectivity index (χ4v) is 1.77. The number of esters is 1. The molecule has 0 aliphatic rings. The molecule has 8 nitrogen and oxygen atoms in total. The first kappa shape index (κ1) is 18.4. The van der Waals surface area contributed by atoms with Gasteiger partial charge in [0.1, 0.15) is 5.69 Å². The molecule has 1 atom stereocenters. The Morgan fingerprint density at radius 2 is 1.91 bits per heavy atom. The van der Waals surface area contributed by atoms with Gasteiger partial charge in [0.25, 0.3) is 11.6 Å². The Morgan fingerprint density at radius 3 is 2.39 bits per heavy atom. The normalized spacial score (nSPS) is 12.2. The van der Waals surface area contributed by atoms with Crippen molar-refractivity contribution < 1.29 is 19.2 Å². The van der Waals surface area contributed by atoms with Crippen molar-refractivity contribution in [2.45, 2.75) is 39.3 Å². The molecule has 0 aliphatic heterocycles. The highest BCUT2D eigenvalue weighted by Crippen LogP contribution is 2.25. The number of nitrogens with one attached hydrogen (secondary N) is 2. The smallest absolute Gasteiger partial charge is 0.339 e. The number of hydrogen-bond donors (Lipinski definition) is 2. The van der Waals surface area contributed by atoms with Crippen LogP contribution in [-0.2, 0) is 9.53 Å². The first-order chi connectivity index (χ1) is 10.5. The molecule has 0 unspecified atom stereocenters. The van der Waals surface area contributed by atoms with Crippen LogP contribution in [0.3, 0.4) is 0 Å². The van der Waals surface area contributed by atoms with E-state index in [1.165, 1.54) is 19.1 Å². The largest absolute Gasteiger partial charge is 0.449 e. The summed E-state index contributed by atoms with van der Waals surface area (Å²) < 4.78 is 5.06. The average molecular weight is 323 g/mol. The van der Waals surface area contributed by atoms with Crippen molar-refractivity contribution in [3.63, 3.8) is 0 Å². The van der Waals surface area contributed by atoms with Gasteiger partial charge in [-0.15, -0.1) is 0 Å². The summed E-state index contributed by atoms with van der Waals surface area (Å²) >= 11 is 0. The van der Waals surface area contributed by atoms with Gasteiger partial charge in [-0.1, -0.05) is 0 Å². The maximum Gasteiger partial charge on any atom is 0.339 e. The van der Waals surface area contributed by atoms with Crippen molar-refractivity contribution in [2.75, 3.05) is 12.4 Å². The third kappa shape index (κ3) is 5.24. The lowest BCUT2D eigenvalue weighted by Gasteiger charge is -2.23. The van der Waals surface area contributed by atoms with E-state index in [1.807, 2.05) is 0 Å². The molecule has 0 saturated heterocycles. The average Bonchev–Trinajstić information content (AvgIpc) is 2.44. The highest BCUT2D eigenvalue weighted by atomic mass is 16.6. The van der Waals surface area contributed by atoms with E-state index in [-0.39, 0.29) is 16.9 Å². The molecule has 1 aromatic carbocycles. The second-order valence-electron chi connectivity index (χ2n) is 6.03. The van der Waals surface area contributed by atoms with E-state index in [2.05, 4.69) is 10.6 Å². The molecule has 0 heterocycles. The molecule has 0 radical (unpaired) electrons. The molecule has 0 aromatic heterocycles. The van der Waals surface area contributed by atoms with E-state index in [0.717, 1.165) is 6.07 Å². The van der Waals surface area contributed by atoms with Gasteiger partial charge in [-0.25, -0.2) is 4.79 Å². The molecule has 23 heavy (non-hydrogen) atoms. The van der Waals surface area contributed by atoms with Crippen LogP contribution in [0.5, 0.6) is 0 Å². The topological polar surface area (TPSA) is 111 Å². The lowest BCUT2D eigenvalue weighted by Crippen LogP contribution is -2.46. The highest BCUT2D eigenvalue weighted by Gasteiger charge is 2.24. The molecule has 0 saturated carbocycles. The lowest BCUT2D eigenvalue weighted by atomic mass is 10.1. The molecular formula is C15H21N3O5. The maximum atomic E-state index is 12.1. The Hall–Kier alpha value is -2.64. The summed E-state index contributed by atoms with van der Waals surface area (Å²) in [7, 11) is 1.54. The number of nitro groups is 1. The minimum Gasteiger partial charge on any atom is -0.449 e. The van der Waals surface area contributed by atoms with Gasteiger partial charge < -0.3 is 15.4 Å².